The van der Waals surface area contributed by atoms with Gasteiger partial charge < -0.3 is 4.74 Å². The van der Waals surface area contributed by atoms with Gasteiger partial charge in [-0.05, 0) is 0 Å². The predicted octanol–water partition coefficient (Wildman–Crippen LogP) is 3.71. The topological polar surface area (TPSA) is 39.2 Å². The molecule has 0 atom stereocenters. The first-order valence-corrected chi connectivity index (χ1v) is 5.58. The monoisotopic (exact) mass is 351 g/mol. The zero-order valence-corrected chi connectivity index (χ0v) is 10.4. The Morgan fingerprint density at radius 3 is 2.21 bits per heavy atom. The molecule has 0 fully saturated rings. The van der Waals surface area contributed by atoms with Crippen LogP contribution in [0.3, 0.4) is 0 Å². The Morgan fingerprint density at radius 2 is 1.84 bits per heavy atom. The lowest BCUT2D eigenvalue weighted by Gasteiger charge is -2.16. The van der Waals surface area contributed by atoms with Gasteiger partial charge in [0, 0.05) is 10.9 Å². The lowest BCUT2D eigenvalue weighted by atomic mass is 10.1. The summed E-state index contributed by atoms with van der Waals surface area (Å²) in [5.41, 5.74) is -3.01. The standard InChI is InChI=1S/C9H4BrF6NO2/c10-1-4-5(3-18)6(19-9(14,15)16)2-17-7(4)8(11,12)13/h2-3H,1H2. The number of halogens is 7. The molecule has 106 valence electrons. The second-order valence-corrected chi connectivity index (χ2v) is 3.72. The van der Waals surface area contributed by atoms with Gasteiger partial charge in [0.2, 0.25) is 0 Å². The summed E-state index contributed by atoms with van der Waals surface area (Å²) in [4.78, 5) is 13.6. The van der Waals surface area contributed by atoms with Crippen LogP contribution in [-0.2, 0) is 11.5 Å². The van der Waals surface area contributed by atoms with Gasteiger partial charge in [0.15, 0.2) is 12.0 Å². The summed E-state index contributed by atoms with van der Waals surface area (Å²) in [7, 11) is 0. The number of hydrogen-bond acceptors (Lipinski definition) is 3. The van der Waals surface area contributed by atoms with Crippen LogP contribution in [0.5, 0.6) is 5.75 Å². The van der Waals surface area contributed by atoms with E-state index < -0.39 is 40.4 Å². The Bertz CT molecular complexity index is 485. The highest BCUT2D eigenvalue weighted by molar-refractivity contribution is 9.08. The summed E-state index contributed by atoms with van der Waals surface area (Å²) in [6.07, 6.45) is -9.96. The largest absolute Gasteiger partial charge is 0.573 e. The van der Waals surface area contributed by atoms with E-state index in [4.69, 9.17) is 0 Å². The Morgan fingerprint density at radius 1 is 1.26 bits per heavy atom. The smallest absolute Gasteiger partial charge is 0.403 e. The molecule has 1 heterocycles. The normalized spacial score (nSPS) is 12.4. The maximum Gasteiger partial charge on any atom is 0.573 e. The molecule has 0 aliphatic heterocycles. The highest BCUT2D eigenvalue weighted by Gasteiger charge is 2.38. The lowest BCUT2D eigenvalue weighted by Crippen LogP contribution is -2.20. The van der Waals surface area contributed by atoms with E-state index in [1.54, 1.807) is 0 Å². The predicted molar refractivity (Wildman–Crippen MR) is 53.9 cm³/mol. The maximum atomic E-state index is 12.6. The molecule has 1 aromatic heterocycles. The molecule has 0 unspecified atom stereocenters. The van der Waals surface area contributed by atoms with Crippen LogP contribution in [0.15, 0.2) is 6.20 Å². The first-order valence-electron chi connectivity index (χ1n) is 4.46. The van der Waals surface area contributed by atoms with Crippen molar-refractivity contribution in [3.05, 3.63) is 23.0 Å². The minimum absolute atomic E-state index is 0.144. The summed E-state index contributed by atoms with van der Waals surface area (Å²) in [5.74, 6) is -1.08. The van der Waals surface area contributed by atoms with Crippen LogP contribution in [0.2, 0.25) is 0 Å². The van der Waals surface area contributed by atoms with Gasteiger partial charge in [-0.3, -0.25) is 4.79 Å². The molecule has 0 amide bonds. The average Bonchev–Trinajstić information content (AvgIpc) is 2.24. The molecule has 0 bridgehead atoms. The second-order valence-electron chi connectivity index (χ2n) is 3.16. The zero-order chi connectivity index (χ0) is 14.8. The molecular weight excluding hydrogens is 348 g/mol. The number of carbonyl (C=O) groups is 1. The number of alkyl halides is 7. The number of aromatic nitrogens is 1. The molecule has 10 heteroatoms. The van der Waals surface area contributed by atoms with Crippen LogP contribution in [0.1, 0.15) is 21.6 Å². The summed E-state index contributed by atoms with van der Waals surface area (Å²) in [6, 6.07) is 0. The zero-order valence-electron chi connectivity index (χ0n) is 8.77. The van der Waals surface area contributed by atoms with Crippen molar-refractivity contribution in [2.24, 2.45) is 0 Å². The SMILES string of the molecule is O=Cc1c(OC(F)(F)F)cnc(C(F)(F)F)c1CBr. The number of aldehydes is 1. The number of pyridine rings is 1. The van der Waals surface area contributed by atoms with Gasteiger partial charge in [-0.1, -0.05) is 15.9 Å². The van der Waals surface area contributed by atoms with Gasteiger partial charge in [-0.15, -0.1) is 13.2 Å². The summed E-state index contributed by atoms with van der Waals surface area (Å²) < 4.78 is 77.2. The van der Waals surface area contributed by atoms with Crippen molar-refractivity contribution < 1.29 is 35.9 Å². The van der Waals surface area contributed by atoms with Gasteiger partial charge in [-0.25, -0.2) is 4.98 Å². The third kappa shape index (κ3) is 3.82. The van der Waals surface area contributed by atoms with Gasteiger partial charge in [0.1, 0.15) is 5.69 Å². The average molecular weight is 352 g/mol. The van der Waals surface area contributed by atoms with Crippen LogP contribution in [-0.4, -0.2) is 17.6 Å². The lowest BCUT2D eigenvalue weighted by molar-refractivity contribution is -0.274. The molecule has 0 aliphatic rings. The fourth-order valence-electron chi connectivity index (χ4n) is 1.26. The van der Waals surface area contributed by atoms with E-state index >= 15 is 0 Å². The van der Waals surface area contributed by atoms with E-state index in [1.165, 1.54) is 0 Å². The van der Waals surface area contributed by atoms with Crippen molar-refractivity contribution in [2.75, 3.05) is 0 Å². The first-order chi connectivity index (χ1) is 8.60. The molecule has 0 aromatic carbocycles. The van der Waals surface area contributed by atoms with E-state index in [2.05, 4.69) is 25.7 Å². The van der Waals surface area contributed by atoms with Crippen molar-refractivity contribution in [1.82, 2.24) is 4.98 Å². The molecule has 0 spiro atoms. The van der Waals surface area contributed by atoms with Crippen LogP contribution in [0.25, 0.3) is 0 Å². The Labute approximate surface area is 110 Å². The van der Waals surface area contributed by atoms with Crippen LogP contribution in [0, 0.1) is 0 Å². The number of rotatable bonds is 3. The van der Waals surface area contributed by atoms with Gasteiger partial charge in [0.05, 0.1) is 11.8 Å². The summed E-state index contributed by atoms with van der Waals surface area (Å²) >= 11 is 2.67. The molecule has 0 saturated heterocycles. The number of carbonyl (C=O) groups excluding carboxylic acids is 1. The Kier molecular flexibility index (Phi) is 4.43. The second kappa shape index (κ2) is 5.35. The van der Waals surface area contributed by atoms with Crippen molar-refractivity contribution in [1.29, 1.82) is 0 Å². The highest BCUT2D eigenvalue weighted by atomic mass is 79.9. The molecule has 1 rings (SSSR count). The number of hydrogen-bond donors (Lipinski definition) is 0. The van der Waals surface area contributed by atoms with Crippen molar-refractivity contribution >= 4 is 22.2 Å². The van der Waals surface area contributed by atoms with Crippen molar-refractivity contribution in [2.45, 2.75) is 17.9 Å². The van der Waals surface area contributed by atoms with E-state index in [1.807, 2.05) is 0 Å². The van der Waals surface area contributed by atoms with Crippen molar-refractivity contribution in [3.63, 3.8) is 0 Å². The molecular formula is C9H4BrF6NO2. The van der Waals surface area contributed by atoms with E-state index in [0.29, 0.717) is 0 Å². The highest BCUT2D eigenvalue weighted by Crippen LogP contribution is 2.36. The molecule has 1 aromatic rings. The van der Waals surface area contributed by atoms with Crippen LogP contribution >= 0.6 is 15.9 Å². The van der Waals surface area contributed by atoms with E-state index in [9.17, 15) is 31.1 Å². The van der Waals surface area contributed by atoms with E-state index in [0.717, 1.165) is 0 Å². The number of ether oxygens (including phenoxy) is 1. The fourth-order valence-corrected chi connectivity index (χ4v) is 1.83. The first kappa shape index (κ1) is 15.7. The summed E-state index contributed by atoms with van der Waals surface area (Å²) in [5, 5.41) is -0.502. The van der Waals surface area contributed by atoms with Crippen molar-refractivity contribution in [3.8, 4) is 5.75 Å². The third-order valence-electron chi connectivity index (χ3n) is 1.93. The van der Waals surface area contributed by atoms with Gasteiger partial charge >= 0.3 is 12.5 Å². The molecule has 0 saturated carbocycles. The molecule has 3 nitrogen and oxygen atoms in total. The molecule has 19 heavy (non-hydrogen) atoms. The molecule has 0 N–H and O–H groups in total. The molecule has 0 radical (unpaired) electrons. The molecule has 0 aliphatic carbocycles. The third-order valence-corrected chi connectivity index (χ3v) is 2.49. The maximum absolute atomic E-state index is 12.6. The quantitative estimate of drug-likeness (QED) is 0.473. The minimum Gasteiger partial charge on any atom is -0.403 e. The van der Waals surface area contributed by atoms with Gasteiger partial charge in [-0.2, -0.15) is 13.2 Å². The van der Waals surface area contributed by atoms with E-state index in [-0.39, 0.29) is 12.5 Å². The van der Waals surface area contributed by atoms with Crippen LogP contribution < -0.4 is 4.74 Å². The Hall–Kier alpha value is -1.32. The Balaban J connectivity index is 3.43. The minimum atomic E-state index is -5.14. The van der Waals surface area contributed by atoms with Gasteiger partial charge in [0.25, 0.3) is 0 Å². The number of nitrogens with zero attached hydrogens (tertiary/aromatic N) is 1. The fraction of sp³-hybridized carbons (Fsp3) is 0.333. The van der Waals surface area contributed by atoms with Crippen LogP contribution in [0.4, 0.5) is 26.3 Å². The summed E-state index contributed by atoms with van der Waals surface area (Å²) in [6.45, 7) is 0.